The van der Waals surface area contributed by atoms with Crippen molar-refractivity contribution in [2.45, 2.75) is 78.1 Å². The number of alkyl halides is 3. The summed E-state index contributed by atoms with van der Waals surface area (Å²) in [7, 11) is 0. The van der Waals surface area contributed by atoms with Crippen LogP contribution in [-0.4, -0.2) is 18.6 Å². The molecular formula is C26H32F3NO2. The van der Waals surface area contributed by atoms with E-state index < -0.39 is 17.3 Å². The summed E-state index contributed by atoms with van der Waals surface area (Å²) in [5, 5.41) is 0.685. The second kappa shape index (κ2) is 7.96. The third kappa shape index (κ3) is 4.46. The fourth-order valence-corrected chi connectivity index (χ4v) is 5.07. The van der Waals surface area contributed by atoms with E-state index in [0.29, 0.717) is 23.8 Å². The number of fused-ring (bicyclic) bond motifs is 1. The van der Waals surface area contributed by atoms with Crippen molar-refractivity contribution in [3.63, 3.8) is 0 Å². The maximum atomic E-state index is 14.2. The van der Waals surface area contributed by atoms with Gasteiger partial charge in [-0.1, -0.05) is 39.0 Å². The van der Waals surface area contributed by atoms with Gasteiger partial charge in [-0.15, -0.1) is 0 Å². The molecule has 0 saturated heterocycles. The predicted octanol–water partition coefficient (Wildman–Crippen LogP) is 7.51. The van der Waals surface area contributed by atoms with Gasteiger partial charge in [0.2, 0.25) is 0 Å². The lowest BCUT2D eigenvalue weighted by atomic mass is 9.72. The maximum Gasteiger partial charge on any atom is 0.420 e. The van der Waals surface area contributed by atoms with Crippen LogP contribution in [0.15, 0.2) is 35.3 Å². The molecule has 32 heavy (non-hydrogen) atoms. The minimum absolute atomic E-state index is 0.0683. The number of ether oxygens (including phenoxy) is 2. The van der Waals surface area contributed by atoms with Gasteiger partial charge in [0.15, 0.2) is 5.90 Å². The summed E-state index contributed by atoms with van der Waals surface area (Å²) in [6.07, 6.45) is -1.16. The molecule has 1 atom stereocenters. The summed E-state index contributed by atoms with van der Waals surface area (Å²) < 4.78 is 54.0. The van der Waals surface area contributed by atoms with E-state index in [4.69, 9.17) is 9.47 Å². The van der Waals surface area contributed by atoms with Crippen molar-refractivity contribution in [2.24, 2.45) is 16.3 Å². The number of halogens is 3. The quantitative estimate of drug-likeness (QED) is 0.488. The zero-order chi connectivity index (χ0) is 23.3. The molecule has 174 valence electrons. The maximum absolute atomic E-state index is 14.2. The molecule has 1 aliphatic heterocycles. The SMILES string of the molecule is CC1=NC(C)(c2ccc3c(C(F)(F)F)c(OC4CCC(C(C)(C)C)CC4)ccc3c2)CO1. The Morgan fingerprint density at radius 1 is 1.03 bits per heavy atom. The molecule has 1 unspecified atom stereocenters. The van der Waals surface area contributed by atoms with Crippen LogP contribution in [-0.2, 0) is 16.5 Å². The fourth-order valence-electron chi connectivity index (χ4n) is 5.07. The van der Waals surface area contributed by atoms with Crippen LogP contribution in [0, 0.1) is 11.3 Å². The Labute approximate surface area is 188 Å². The van der Waals surface area contributed by atoms with Gasteiger partial charge in [0.05, 0.1) is 6.10 Å². The van der Waals surface area contributed by atoms with E-state index in [1.165, 1.54) is 6.07 Å². The first-order chi connectivity index (χ1) is 14.9. The molecule has 0 radical (unpaired) electrons. The van der Waals surface area contributed by atoms with Crippen molar-refractivity contribution in [1.82, 2.24) is 0 Å². The zero-order valence-electron chi connectivity index (χ0n) is 19.5. The van der Waals surface area contributed by atoms with Crippen molar-refractivity contribution in [3.05, 3.63) is 41.5 Å². The van der Waals surface area contributed by atoms with Crippen molar-refractivity contribution in [2.75, 3.05) is 6.61 Å². The number of rotatable bonds is 3. The fraction of sp³-hybridized carbons (Fsp3) is 0.577. The third-order valence-electron chi connectivity index (χ3n) is 7.05. The second-order valence-corrected chi connectivity index (χ2v) is 10.5. The van der Waals surface area contributed by atoms with Gasteiger partial charge >= 0.3 is 6.18 Å². The van der Waals surface area contributed by atoms with Gasteiger partial charge in [-0.05, 0) is 72.4 Å². The molecule has 6 heteroatoms. The van der Waals surface area contributed by atoms with Crippen LogP contribution >= 0.6 is 0 Å². The van der Waals surface area contributed by atoms with Gasteiger partial charge < -0.3 is 9.47 Å². The highest BCUT2D eigenvalue weighted by atomic mass is 19.4. The Balaban J connectivity index is 1.65. The highest BCUT2D eigenvalue weighted by molar-refractivity contribution is 5.89. The molecule has 1 aliphatic carbocycles. The summed E-state index contributed by atoms with van der Waals surface area (Å²) in [4.78, 5) is 4.53. The van der Waals surface area contributed by atoms with Gasteiger partial charge in [0, 0.05) is 6.92 Å². The third-order valence-corrected chi connectivity index (χ3v) is 7.05. The predicted molar refractivity (Wildman–Crippen MR) is 121 cm³/mol. The zero-order valence-corrected chi connectivity index (χ0v) is 19.5. The van der Waals surface area contributed by atoms with Crippen LogP contribution in [0.2, 0.25) is 0 Å². The highest BCUT2D eigenvalue weighted by Gasteiger charge is 2.39. The molecule has 2 aliphatic rings. The van der Waals surface area contributed by atoms with E-state index in [2.05, 4.69) is 25.8 Å². The topological polar surface area (TPSA) is 30.8 Å². The Kier molecular flexibility index (Phi) is 5.71. The number of hydrogen-bond acceptors (Lipinski definition) is 3. The average Bonchev–Trinajstić information content (AvgIpc) is 3.06. The molecule has 1 saturated carbocycles. The molecule has 3 nitrogen and oxygen atoms in total. The standard InChI is InChI=1S/C26H32F3NO2/c1-16-30-25(5,15-31-16)19-9-12-21-17(14-19)6-13-22(23(21)26(27,28)29)32-20-10-7-18(8-11-20)24(2,3)4/h6,9,12-14,18,20H,7-8,10-11,15H2,1-5H3. The van der Waals surface area contributed by atoms with Gasteiger partial charge in [-0.2, -0.15) is 13.2 Å². The molecule has 0 aromatic heterocycles. The van der Waals surface area contributed by atoms with Crippen LogP contribution in [0.3, 0.4) is 0 Å². The molecule has 2 aromatic rings. The van der Waals surface area contributed by atoms with Gasteiger partial charge in [-0.25, -0.2) is 4.99 Å². The van der Waals surface area contributed by atoms with E-state index in [0.717, 1.165) is 31.2 Å². The Morgan fingerprint density at radius 3 is 2.28 bits per heavy atom. The van der Waals surface area contributed by atoms with Gasteiger partial charge in [0.1, 0.15) is 23.5 Å². The van der Waals surface area contributed by atoms with E-state index in [1.807, 2.05) is 6.92 Å². The second-order valence-electron chi connectivity index (χ2n) is 10.5. The first-order valence-corrected chi connectivity index (χ1v) is 11.4. The number of benzene rings is 2. The van der Waals surface area contributed by atoms with Crippen LogP contribution in [0.25, 0.3) is 10.8 Å². The molecule has 2 aromatic carbocycles. The van der Waals surface area contributed by atoms with E-state index >= 15 is 0 Å². The van der Waals surface area contributed by atoms with E-state index in [9.17, 15) is 13.2 Å². The lowest BCUT2D eigenvalue weighted by molar-refractivity contribution is -0.138. The molecular weight excluding hydrogens is 415 g/mol. The first kappa shape index (κ1) is 22.9. The van der Waals surface area contributed by atoms with E-state index in [1.54, 1.807) is 31.2 Å². The molecule has 0 amide bonds. The highest BCUT2D eigenvalue weighted by Crippen LogP contribution is 2.45. The van der Waals surface area contributed by atoms with Crippen LogP contribution < -0.4 is 4.74 Å². The molecule has 4 rings (SSSR count). The van der Waals surface area contributed by atoms with Crippen LogP contribution in [0.1, 0.15) is 71.4 Å². The molecule has 1 fully saturated rings. The molecule has 0 N–H and O–H groups in total. The van der Waals surface area contributed by atoms with Crippen molar-refractivity contribution in [3.8, 4) is 5.75 Å². The largest absolute Gasteiger partial charge is 0.490 e. The minimum Gasteiger partial charge on any atom is -0.490 e. The Bertz CT molecular complexity index is 1030. The molecule has 0 spiro atoms. The summed E-state index contributed by atoms with van der Waals surface area (Å²) in [6, 6.07) is 8.26. The summed E-state index contributed by atoms with van der Waals surface area (Å²) >= 11 is 0. The molecule has 0 bridgehead atoms. The number of hydrogen-bond donors (Lipinski definition) is 0. The van der Waals surface area contributed by atoms with Crippen molar-refractivity contribution >= 4 is 16.7 Å². The Hall–Kier alpha value is -2.24. The lowest BCUT2D eigenvalue weighted by Gasteiger charge is -2.37. The normalized spacial score (nSPS) is 26.7. The van der Waals surface area contributed by atoms with Crippen LogP contribution in [0.5, 0.6) is 5.75 Å². The minimum atomic E-state index is -4.51. The van der Waals surface area contributed by atoms with Crippen LogP contribution in [0.4, 0.5) is 13.2 Å². The van der Waals surface area contributed by atoms with Crippen molar-refractivity contribution < 1.29 is 22.6 Å². The summed E-state index contributed by atoms with van der Waals surface area (Å²) in [6.45, 7) is 10.8. The number of aliphatic imine (C=N–C) groups is 1. The first-order valence-electron chi connectivity index (χ1n) is 11.4. The molecule has 1 heterocycles. The smallest absolute Gasteiger partial charge is 0.420 e. The summed E-state index contributed by atoms with van der Waals surface area (Å²) in [5.74, 6) is 1.10. The summed E-state index contributed by atoms with van der Waals surface area (Å²) in [5.41, 5.74) is -0.222. The lowest BCUT2D eigenvalue weighted by Crippen LogP contribution is -2.31. The number of nitrogens with zero attached hydrogens (tertiary/aromatic N) is 1. The monoisotopic (exact) mass is 447 g/mol. The van der Waals surface area contributed by atoms with E-state index in [-0.39, 0.29) is 22.7 Å². The van der Waals surface area contributed by atoms with Gasteiger partial charge in [-0.3, -0.25) is 0 Å². The average molecular weight is 448 g/mol. The van der Waals surface area contributed by atoms with Gasteiger partial charge in [0.25, 0.3) is 0 Å². The Morgan fingerprint density at radius 2 is 1.72 bits per heavy atom. The van der Waals surface area contributed by atoms with Crippen molar-refractivity contribution in [1.29, 1.82) is 0 Å².